The first-order chi connectivity index (χ1) is 12.3. The number of nitrogens with zero attached hydrogens (tertiary/aromatic N) is 1. The molecule has 0 bridgehead atoms. The highest BCUT2D eigenvalue weighted by Crippen LogP contribution is 2.22. The van der Waals surface area contributed by atoms with Crippen LogP contribution >= 0.6 is 11.6 Å². The van der Waals surface area contributed by atoms with Crippen molar-refractivity contribution < 1.29 is 17.9 Å². The number of rotatable bonds is 7. The monoisotopic (exact) mass is 396 g/mol. The summed E-state index contributed by atoms with van der Waals surface area (Å²) in [5, 5.41) is 3.26. The van der Waals surface area contributed by atoms with Crippen LogP contribution in [-0.4, -0.2) is 46.4 Å². The Balaban J connectivity index is 1.98. The quantitative estimate of drug-likeness (QED) is 0.780. The van der Waals surface area contributed by atoms with E-state index in [0.717, 1.165) is 5.56 Å². The molecule has 0 aliphatic rings. The van der Waals surface area contributed by atoms with Crippen molar-refractivity contribution in [3.63, 3.8) is 0 Å². The Morgan fingerprint density at radius 1 is 1.15 bits per heavy atom. The lowest BCUT2D eigenvalue weighted by atomic mass is 10.1. The first kappa shape index (κ1) is 20.2. The van der Waals surface area contributed by atoms with Crippen LogP contribution in [0.25, 0.3) is 0 Å². The molecule has 2 aromatic rings. The lowest BCUT2D eigenvalue weighted by Crippen LogP contribution is -2.26. The number of hydrogen-bond acceptors (Lipinski definition) is 4. The molecule has 1 amide bonds. The lowest BCUT2D eigenvalue weighted by molar-refractivity contribution is 0.0951. The Kier molecular flexibility index (Phi) is 6.63. The van der Waals surface area contributed by atoms with Crippen molar-refractivity contribution in [3.8, 4) is 5.75 Å². The molecule has 0 heterocycles. The standard InChI is InChI=1S/C18H21ClN2O4S/c1-21(2)26(23,24)15-7-4-13(5-8-15)10-11-20-18(22)16-12-14(19)6-9-17(16)25-3/h4-9,12H,10-11H2,1-3H3,(H,20,22). The topological polar surface area (TPSA) is 75.7 Å². The first-order valence-corrected chi connectivity index (χ1v) is 9.70. The zero-order valence-electron chi connectivity index (χ0n) is 14.8. The summed E-state index contributed by atoms with van der Waals surface area (Å²) in [4.78, 5) is 12.5. The minimum absolute atomic E-state index is 0.235. The van der Waals surface area contributed by atoms with Crippen LogP contribution in [0.3, 0.4) is 0 Å². The van der Waals surface area contributed by atoms with Crippen LogP contribution in [0.5, 0.6) is 5.75 Å². The Hall–Kier alpha value is -2.09. The highest BCUT2D eigenvalue weighted by atomic mass is 35.5. The van der Waals surface area contributed by atoms with Gasteiger partial charge in [0.1, 0.15) is 5.75 Å². The van der Waals surface area contributed by atoms with E-state index in [4.69, 9.17) is 16.3 Å². The largest absolute Gasteiger partial charge is 0.496 e. The minimum atomic E-state index is -3.44. The SMILES string of the molecule is COc1ccc(Cl)cc1C(=O)NCCc1ccc(S(=O)(=O)N(C)C)cc1. The van der Waals surface area contributed by atoms with Crippen LogP contribution in [0.15, 0.2) is 47.4 Å². The molecule has 0 atom stereocenters. The van der Waals surface area contributed by atoms with E-state index in [-0.39, 0.29) is 10.8 Å². The van der Waals surface area contributed by atoms with E-state index in [9.17, 15) is 13.2 Å². The van der Waals surface area contributed by atoms with Gasteiger partial charge in [-0.1, -0.05) is 23.7 Å². The third-order valence-corrected chi connectivity index (χ3v) is 5.87. The van der Waals surface area contributed by atoms with Crippen molar-refractivity contribution >= 4 is 27.5 Å². The van der Waals surface area contributed by atoms with Crippen LogP contribution in [0.2, 0.25) is 5.02 Å². The molecule has 1 N–H and O–H groups in total. The van der Waals surface area contributed by atoms with Crippen molar-refractivity contribution in [3.05, 3.63) is 58.6 Å². The average Bonchev–Trinajstić information content (AvgIpc) is 2.61. The van der Waals surface area contributed by atoms with Gasteiger partial charge >= 0.3 is 0 Å². The lowest BCUT2D eigenvalue weighted by Gasteiger charge is -2.12. The number of halogens is 1. The summed E-state index contributed by atoms with van der Waals surface area (Å²) < 4.78 is 30.4. The fraction of sp³-hybridized carbons (Fsp3) is 0.278. The molecule has 0 spiro atoms. The fourth-order valence-corrected chi connectivity index (χ4v) is 3.39. The molecule has 8 heteroatoms. The zero-order chi connectivity index (χ0) is 19.3. The van der Waals surface area contributed by atoms with Gasteiger partial charge in [0.25, 0.3) is 5.91 Å². The van der Waals surface area contributed by atoms with E-state index >= 15 is 0 Å². The third kappa shape index (κ3) is 4.75. The van der Waals surface area contributed by atoms with Gasteiger partial charge in [-0.3, -0.25) is 4.79 Å². The summed E-state index contributed by atoms with van der Waals surface area (Å²) >= 11 is 5.93. The van der Waals surface area contributed by atoms with E-state index in [2.05, 4.69) is 5.32 Å². The zero-order valence-corrected chi connectivity index (χ0v) is 16.4. The van der Waals surface area contributed by atoms with Crippen LogP contribution in [0, 0.1) is 0 Å². The number of benzene rings is 2. The summed E-state index contributed by atoms with van der Waals surface area (Å²) in [6.07, 6.45) is 0.566. The van der Waals surface area contributed by atoms with E-state index in [1.807, 2.05) is 0 Å². The smallest absolute Gasteiger partial charge is 0.255 e. The molecule has 6 nitrogen and oxygen atoms in total. The van der Waals surface area contributed by atoms with Crippen LogP contribution in [0.1, 0.15) is 15.9 Å². The number of nitrogens with one attached hydrogen (secondary N) is 1. The number of methoxy groups -OCH3 is 1. The van der Waals surface area contributed by atoms with Crippen LogP contribution in [0.4, 0.5) is 0 Å². The van der Waals surface area contributed by atoms with Gasteiger partial charge in [0.05, 0.1) is 17.6 Å². The Morgan fingerprint density at radius 2 is 1.81 bits per heavy atom. The predicted octanol–water partition coefficient (Wildman–Crippen LogP) is 2.57. The second-order valence-electron chi connectivity index (χ2n) is 5.78. The number of carbonyl (C=O) groups excluding carboxylic acids is 1. The van der Waals surface area contributed by atoms with Crippen molar-refractivity contribution in [2.24, 2.45) is 0 Å². The molecule has 0 aliphatic heterocycles. The Bertz CT molecular complexity index is 881. The maximum absolute atomic E-state index is 12.3. The highest BCUT2D eigenvalue weighted by Gasteiger charge is 2.16. The Labute approximate surface area is 158 Å². The molecule has 140 valence electrons. The van der Waals surface area contributed by atoms with Gasteiger partial charge in [0.15, 0.2) is 0 Å². The van der Waals surface area contributed by atoms with Gasteiger partial charge in [-0.15, -0.1) is 0 Å². The molecule has 2 rings (SSSR count). The van der Waals surface area contributed by atoms with Gasteiger partial charge in [0, 0.05) is 25.7 Å². The fourth-order valence-electron chi connectivity index (χ4n) is 2.31. The average molecular weight is 397 g/mol. The molecule has 0 fully saturated rings. The second-order valence-corrected chi connectivity index (χ2v) is 8.37. The van der Waals surface area contributed by atoms with Crippen LogP contribution < -0.4 is 10.1 Å². The summed E-state index contributed by atoms with van der Waals surface area (Å²) in [7, 11) is 1.03. The van der Waals surface area contributed by atoms with Gasteiger partial charge in [-0.05, 0) is 42.3 Å². The van der Waals surface area contributed by atoms with Gasteiger partial charge < -0.3 is 10.1 Å². The normalized spacial score (nSPS) is 11.4. The van der Waals surface area contributed by atoms with Gasteiger partial charge in [0.2, 0.25) is 10.0 Å². The van der Waals surface area contributed by atoms with Crippen molar-refractivity contribution in [2.45, 2.75) is 11.3 Å². The van der Waals surface area contributed by atoms with Crippen molar-refractivity contribution in [2.75, 3.05) is 27.7 Å². The van der Waals surface area contributed by atoms with Crippen molar-refractivity contribution in [1.29, 1.82) is 0 Å². The van der Waals surface area contributed by atoms with Crippen molar-refractivity contribution in [1.82, 2.24) is 9.62 Å². The maximum Gasteiger partial charge on any atom is 0.255 e. The Morgan fingerprint density at radius 3 is 2.38 bits per heavy atom. The molecule has 0 unspecified atom stereocenters. The molecule has 0 saturated heterocycles. The van der Waals surface area contributed by atoms with E-state index in [1.54, 1.807) is 42.5 Å². The van der Waals surface area contributed by atoms with E-state index in [0.29, 0.717) is 29.3 Å². The summed E-state index contributed by atoms with van der Waals surface area (Å²) in [6, 6.07) is 11.4. The molecule has 2 aromatic carbocycles. The minimum Gasteiger partial charge on any atom is -0.496 e. The summed E-state index contributed by atoms with van der Waals surface area (Å²) in [6.45, 7) is 0.397. The summed E-state index contributed by atoms with van der Waals surface area (Å²) in [5.74, 6) is 0.168. The molecule has 0 aromatic heterocycles. The number of hydrogen-bond donors (Lipinski definition) is 1. The molecule has 26 heavy (non-hydrogen) atoms. The molecule has 0 radical (unpaired) electrons. The van der Waals surface area contributed by atoms with Gasteiger partial charge in [-0.25, -0.2) is 12.7 Å². The number of sulfonamides is 1. The molecule has 0 saturated carbocycles. The van der Waals surface area contributed by atoms with E-state index in [1.165, 1.54) is 25.5 Å². The molecule has 0 aliphatic carbocycles. The number of ether oxygens (including phenoxy) is 1. The first-order valence-electron chi connectivity index (χ1n) is 7.89. The van der Waals surface area contributed by atoms with Gasteiger partial charge in [-0.2, -0.15) is 0 Å². The highest BCUT2D eigenvalue weighted by molar-refractivity contribution is 7.89. The number of amides is 1. The summed E-state index contributed by atoms with van der Waals surface area (Å²) in [5.41, 5.74) is 1.29. The maximum atomic E-state index is 12.3. The van der Waals surface area contributed by atoms with E-state index < -0.39 is 10.0 Å². The third-order valence-electron chi connectivity index (χ3n) is 3.81. The van der Waals surface area contributed by atoms with Crippen LogP contribution in [-0.2, 0) is 16.4 Å². The number of carbonyl (C=O) groups is 1. The molecular formula is C18H21ClN2O4S. The molecular weight excluding hydrogens is 376 g/mol. The predicted molar refractivity (Wildman–Crippen MR) is 101 cm³/mol. The second kappa shape index (κ2) is 8.53.